The van der Waals surface area contributed by atoms with Crippen molar-refractivity contribution in [3.05, 3.63) is 77.0 Å². The van der Waals surface area contributed by atoms with Crippen LogP contribution in [0.1, 0.15) is 29.6 Å². The number of halogens is 5. The van der Waals surface area contributed by atoms with Gasteiger partial charge in [-0.1, -0.05) is 6.92 Å². The maximum Gasteiger partial charge on any atom is 0.419 e. The Labute approximate surface area is 167 Å². The van der Waals surface area contributed by atoms with Crippen LogP contribution in [0.4, 0.5) is 27.6 Å². The highest BCUT2D eigenvalue weighted by molar-refractivity contribution is 6.01. The van der Waals surface area contributed by atoms with Crippen LogP contribution < -0.4 is 5.32 Å². The van der Waals surface area contributed by atoms with Gasteiger partial charge in [0.2, 0.25) is 5.91 Å². The van der Waals surface area contributed by atoms with E-state index in [1.165, 1.54) is 17.1 Å². The molecule has 1 amide bonds. The number of anilines is 1. The Balaban J connectivity index is 1.64. The number of rotatable bonds is 6. The van der Waals surface area contributed by atoms with Crippen molar-refractivity contribution in [2.75, 3.05) is 5.32 Å². The van der Waals surface area contributed by atoms with Gasteiger partial charge in [0.15, 0.2) is 0 Å². The molecule has 0 saturated carbocycles. The summed E-state index contributed by atoms with van der Waals surface area (Å²) in [5.41, 5.74) is -1.86. The summed E-state index contributed by atoms with van der Waals surface area (Å²) in [7, 11) is 0. The van der Waals surface area contributed by atoms with Crippen molar-refractivity contribution in [3.8, 4) is 0 Å². The molecule has 1 aromatic carbocycles. The minimum absolute atomic E-state index is 0.0511. The molecule has 0 aliphatic carbocycles. The molecule has 3 aromatic rings. The Morgan fingerprint density at radius 2 is 1.93 bits per heavy atom. The fraction of sp³-hybridized carbons (Fsp3) is 0.200. The monoisotopic (exact) mass is 425 g/mol. The van der Waals surface area contributed by atoms with E-state index in [0.29, 0.717) is 24.1 Å². The van der Waals surface area contributed by atoms with Crippen LogP contribution in [-0.2, 0) is 23.9 Å². The second kappa shape index (κ2) is 8.52. The predicted octanol–water partition coefficient (Wildman–Crippen LogP) is 5.04. The van der Waals surface area contributed by atoms with Crippen molar-refractivity contribution >= 4 is 17.7 Å². The average Bonchev–Trinajstić information content (AvgIpc) is 3.30. The fourth-order valence-electron chi connectivity index (χ4n) is 2.63. The van der Waals surface area contributed by atoms with Gasteiger partial charge in [0.1, 0.15) is 23.2 Å². The molecule has 0 bridgehead atoms. The molecule has 0 unspecified atom stereocenters. The zero-order valence-electron chi connectivity index (χ0n) is 15.6. The second-order valence-electron chi connectivity index (χ2n) is 6.32. The van der Waals surface area contributed by atoms with E-state index in [1.54, 1.807) is 0 Å². The van der Waals surface area contributed by atoms with E-state index in [2.05, 4.69) is 10.4 Å². The number of alkyl halides is 3. The normalized spacial score (nSPS) is 11.9. The topological polar surface area (TPSA) is 60.1 Å². The number of hydrogen-bond acceptors (Lipinski definition) is 3. The van der Waals surface area contributed by atoms with Crippen LogP contribution in [0, 0.1) is 11.6 Å². The van der Waals surface area contributed by atoms with Gasteiger partial charge in [-0.2, -0.15) is 18.3 Å². The molecule has 158 valence electrons. The molecule has 1 N–H and O–H groups in total. The summed E-state index contributed by atoms with van der Waals surface area (Å²) in [6, 6.07) is 4.11. The predicted molar refractivity (Wildman–Crippen MR) is 98.4 cm³/mol. The molecule has 0 saturated heterocycles. The first-order valence-electron chi connectivity index (χ1n) is 8.81. The van der Waals surface area contributed by atoms with Crippen molar-refractivity contribution in [1.82, 2.24) is 9.78 Å². The van der Waals surface area contributed by atoms with Gasteiger partial charge in [-0.3, -0.25) is 9.48 Å². The third kappa shape index (κ3) is 5.13. The lowest BCUT2D eigenvalue weighted by Gasteiger charge is -2.09. The SMILES string of the molecule is CCc1ccc(Cn2cc(NC(=O)/C=C/c3cc(F)c(C(F)(F)F)cc3F)cn2)o1. The van der Waals surface area contributed by atoms with Gasteiger partial charge < -0.3 is 9.73 Å². The number of benzene rings is 1. The van der Waals surface area contributed by atoms with Crippen molar-refractivity contribution in [2.24, 2.45) is 0 Å². The molecular formula is C20H16F5N3O2. The number of aromatic nitrogens is 2. The number of amides is 1. The Bertz CT molecular complexity index is 1080. The lowest BCUT2D eigenvalue weighted by Crippen LogP contribution is -2.10. The lowest BCUT2D eigenvalue weighted by molar-refractivity contribution is -0.140. The Hall–Kier alpha value is -3.43. The summed E-state index contributed by atoms with van der Waals surface area (Å²) in [5.74, 6) is -2.10. The maximum absolute atomic E-state index is 13.8. The summed E-state index contributed by atoms with van der Waals surface area (Å²) in [6.45, 7) is 2.31. The lowest BCUT2D eigenvalue weighted by atomic mass is 10.1. The van der Waals surface area contributed by atoms with Gasteiger partial charge in [-0.15, -0.1) is 0 Å². The quantitative estimate of drug-likeness (QED) is 0.445. The molecule has 0 fully saturated rings. The first-order valence-corrected chi connectivity index (χ1v) is 8.81. The first-order chi connectivity index (χ1) is 14.2. The maximum atomic E-state index is 13.8. The molecule has 3 rings (SSSR count). The molecule has 0 spiro atoms. The number of carbonyl (C=O) groups excluding carboxylic acids is 1. The van der Waals surface area contributed by atoms with Crippen molar-refractivity contribution in [3.63, 3.8) is 0 Å². The number of nitrogens with zero attached hydrogens (tertiary/aromatic N) is 2. The zero-order chi connectivity index (χ0) is 21.9. The average molecular weight is 425 g/mol. The van der Waals surface area contributed by atoms with Crippen LogP contribution in [0.5, 0.6) is 0 Å². The smallest absolute Gasteiger partial charge is 0.419 e. The van der Waals surface area contributed by atoms with Crippen molar-refractivity contribution in [1.29, 1.82) is 0 Å². The van der Waals surface area contributed by atoms with E-state index in [0.717, 1.165) is 24.3 Å². The summed E-state index contributed by atoms with van der Waals surface area (Å²) < 4.78 is 72.2. The molecule has 0 radical (unpaired) electrons. The van der Waals surface area contributed by atoms with Crippen LogP contribution in [0.25, 0.3) is 6.08 Å². The van der Waals surface area contributed by atoms with Gasteiger partial charge in [-0.25, -0.2) is 8.78 Å². The number of carbonyl (C=O) groups is 1. The molecular weight excluding hydrogens is 409 g/mol. The Morgan fingerprint density at radius 1 is 1.20 bits per heavy atom. The number of nitrogens with one attached hydrogen (secondary N) is 1. The Kier molecular flexibility index (Phi) is 6.04. The van der Waals surface area contributed by atoms with Crippen molar-refractivity contribution in [2.45, 2.75) is 26.1 Å². The molecule has 30 heavy (non-hydrogen) atoms. The largest absolute Gasteiger partial charge is 0.464 e. The van der Waals surface area contributed by atoms with Gasteiger partial charge in [0.05, 0.1) is 24.0 Å². The summed E-state index contributed by atoms with van der Waals surface area (Å²) in [4.78, 5) is 12.0. The van der Waals surface area contributed by atoms with E-state index in [4.69, 9.17) is 4.42 Å². The highest BCUT2D eigenvalue weighted by Crippen LogP contribution is 2.32. The minimum Gasteiger partial charge on any atom is -0.464 e. The molecule has 0 aliphatic rings. The van der Waals surface area contributed by atoms with Gasteiger partial charge in [0, 0.05) is 24.3 Å². The van der Waals surface area contributed by atoms with Crippen LogP contribution in [-0.4, -0.2) is 15.7 Å². The Morgan fingerprint density at radius 3 is 2.60 bits per heavy atom. The molecule has 0 aliphatic heterocycles. The van der Waals surface area contributed by atoms with E-state index < -0.39 is 34.8 Å². The number of hydrogen-bond donors (Lipinski definition) is 1. The van der Waals surface area contributed by atoms with E-state index in [1.807, 2.05) is 19.1 Å². The molecule has 5 nitrogen and oxygen atoms in total. The fourth-order valence-corrected chi connectivity index (χ4v) is 2.63. The molecule has 10 heteroatoms. The number of aryl methyl sites for hydroxylation is 1. The standard InChI is InChI=1S/C20H16F5N3O2/c1-2-14-4-5-15(30-14)11-28-10-13(9-26-28)27-19(29)6-3-12-7-18(22)16(8-17(12)21)20(23,24)25/h3-10H,2,11H2,1H3,(H,27,29)/b6-3+. The third-order valence-electron chi connectivity index (χ3n) is 4.09. The van der Waals surface area contributed by atoms with E-state index in [-0.39, 0.29) is 6.07 Å². The van der Waals surface area contributed by atoms with Crippen molar-refractivity contribution < 1.29 is 31.2 Å². The summed E-state index contributed by atoms with van der Waals surface area (Å²) in [6.07, 6.45) is 0.427. The van der Waals surface area contributed by atoms with Gasteiger partial charge in [0.25, 0.3) is 0 Å². The van der Waals surface area contributed by atoms with Crippen LogP contribution in [0.15, 0.2) is 47.2 Å². The highest BCUT2D eigenvalue weighted by Gasteiger charge is 2.35. The first kappa shape index (κ1) is 21.3. The van der Waals surface area contributed by atoms with E-state index in [9.17, 15) is 26.7 Å². The van der Waals surface area contributed by atoms with E-state index >= 15 is 0 Å². The van der Waals surface area contributed by atoms with Gasteiger partial charge >= 0.3 is 6.18 Å². The summed E-state index contributed by atoms with van der Waals surface area (Å²) >= 11 is 0. The van der Waals surface area contributed by atoms with Crippen LogP contribution >= 0.6 is 0 Å². The van der Waals surface area contributed by atoms with Crippen LogP contribution in [0.2, 0.25) is 0 Å². The summed E-state index contributed by atoms with van der Waals surface area (Å²) in [5, 5.41) is 6.55. The minimum atomic E-state index is -5.02. The molecule has 0 atom stereocenters. The third-order valence-corrected chi connectivity index (χ3v) is 4.09. The molecule has 2 aromatic heterocycles. The second-order valence-corrected chi connectivity index (χ2v) is 6.32. The molecule has 2 heterocycles. The number of furan rings is 1. The van der Waals surface area contributed by atoms with Gasteiger partial charge in [-0.05, 0) is 30.3 Å². The van der Waals surface area contributed by atoms with Crippen LogP contribution in [0.3, 0.4) is 0 Å². The zero-order valence-corrected chi connectivity index (χ0v) is 15.6. The highest BCUT2D eigenvalue weighted by atomic mass is 19.4.